The molecular formula is C11H15FN2O4S. The van der Waals surface area contributed by atoms with Gasteiger partial charge in [0.2, 0.25) is 10.0 Å². The Hall–Kier alpha value is -1.67. The Morgan fingerprint density at radius 2 is 1.95 bits per heavy atom. The van der Waals surface area contributed by atoms with E-state index in [9.17, 15) is 17.6 Å². The van der Waals surface area contributed by atoms with E-state index in [1.54, 1.807) is 20.8 Å². The summed E-state index contributed by atoms with van der Waals surface area (Å²) in [5.41, 5.74) is -0.632. The molecule has 0 saturated heterocycles. The van der Waals surface area contributed by atoms with Crippen molar-refractivity contribution in [2.24, 2.45) is 5.14 Å². The van der Waals surface area contributed by atoms with Crippen LogP contribution in [-0.4, -0.2) is 20.1 Å². The highest BCUT2D eigenvalue weighted by Gasteiger charge is 2.18. The summed E-state index contributed by atoms with van der Waals surface area (Å²) >= 11 is 0. The summed E-state index contributed by atoms with van der Waals surface area (Å²) in [6.45, 7) is 5.02. The fourth-order valence-electron chi connectivity index (χ4n) is 1.22. The van der Waals surface area contributed by atoms with Crippen molar-refractivity contribution in [3.63, 3.8) is 0 Å². The molecule has 6 nitrogen and oxygen atoms in total. The molecule has 3 N–H and O–H groups in total. The summed E-state index contributed by atoms with van der Waals surface area (Å²) in [7, 11) is -4.19. The maximum absolute atomic E-state index is 13.3. The first kappa shape index (κ1) is 15.4. The van der Waals surface area contributed by atoms with Crippen LogP contribution in [0.1, 0.15) is 20.8 Å². The number of primary sulfonamides is 1. The first-order valence-corrected chi connectivity index (χ1v) is 6.86. The van der Waals surface area contributed by atoms with Gasteiger partial charge in [-0.25, -0.2) is 22.7 Å². The molecule has 106 valence electrons. The zero-order chi connectivity index (χ0) is 14.8. The number of sulfonamides is 1. The van der Waals surface area contributed by atoms with Crippen LogP contribution in [0.15, 0.2) is 23.1 Å². The molecule has 0 aliphatic heterocycles. The molecule has 1 rings (SSSR count). The van der Waals surface area contributed by atoms with E-state index in [0.717, 1.165) is 12.1 Å². The molecule has 0 spiro atoms. The monoisotopic (exact) mass is 290 g/mol. The van der Waals surface area contributed by atoms with Gasteiger partial charge in [-0.15, -0.1) is 0 Å². The van der Waals surface area contributed by atoms with Gasteiger partial charge in [-0.1, -0.05) is 0 Å². The lowest BCUT2D eigenvalue weighted by Crippen LogP contribution is -2.27. The van der Waals surface area contributed by atoms with Crippen LogP contribution in [0, 0.1) is 5.82 Å². The standard InChI is InChI=1S/C11H15FN2O4S/c1-11(2,3)18-10(15)14-7-4-5-8(12)9(6-7)19(13,16)17/h4-6H,1-3H3,(H,14,15)(H2,13,16,17). The molecule has 0 aromatic heterocycles. The Labute approximate surface area is 110 Å². The minimum absolute atomic E-state index is 0.0691. The van der Waals surface area contributed by atoms with E-state index in [1.165, 1.54) is 6.07 Å². The third-order valence-corrected chi connectivity index (χ3v) is 2.81. The smallest absolute Gasteiger partial charge is 0.412 e. The third-order valence-electron chi connectivity index (χ3n) is 1.88. The molecule has 1 aromatic rings. The van der Waals surface area contributed by atoms with Crippen molar-refractivity contribution in [2.75, 3.05) is 5.32 Å². The molecule has 0 aliphatic rings. The molecule has 0 radical (unpaired) electrons. The van der Waals surface area contributed by atoms with E-state index < -0.39 is 32.4 Å². The lowest BCUT2D eigenvalue weighted by Gasteiger charge is -2.19. The van der Waals surface area contributed by atoms with Crippen molar-refractivity contribution in [1.82, 2.24) is 0 Å². The third kappa shape index (κ3) is 4.84. The molecule has 0 saturated carbocycles. The number of carbonyl (C=O) groups is 1. The van der Waals surface area contributed by atoms with Gasteiger partial charge in [0.25, 0.3) is 0 Å². The first-order valence-electron chi connectivity index (χ1n) is 5.31. The van der Waals surface area contributed by atoms with Gasteiger partial charge < -0.3 is 4.74 Å². The van der Waals surface area contributed by atoms with Crippen molar-refractivity contribution in [1.29, 1.82) is 0 Å². The number of nitrogens with two attached hydrogens (primary N) is 1. The lowest BCUT2D eigenvalue weighted by molar-refractivity contribution is 0.0636. The van der Waals surface area contributed by atoms with Gasteiger partial charge in [0.15, 0.2) is 0 Å². The van der Waals surface area contributed by atoms with Crippen molar-refractivity contribution >= 4 is 21.8 Å². The van der Waals surface area contributed by atoms with E-state index in [1.807, 2.05) is 0 Å². The van der Waals surface area contributed by atoms with E-state index in [0.29, 0.717) is 0 Å². The predicted molar refractivity (Wildman–Crippen MR) is 67.6 cm³/mol. The van der Waals surface area contributed by atoms with Crippen LogP contribution in [0.3, 0.4) is 0 Å². The van der Waals surface area contributed by atoms with Gasteiger partial charge in [0.1, 0.15) is 16.3 Å². The number of amides is 1. The minimum atomic E-state index is -4.19. The molecule has 8 heteroatoms. The minimum Gasteiger partial charge on any atom is -0.444 e. The van der Waals surface area contributed by atoms with Gasteiger partial charge in [-0.3, -0.25) is 5.32 Å². The molecule has 0 fully saturated rings. The van der Waals surface area contributed by atoms with Crippen LogP contribution >= 0.6 is 0 Å². The maximum atomic E-state index is 13.3. The summed E-state index contributed by atoms with van der Waals surface area (Å²) in [6, 6.07) is 3.02. The highest BCUT2D eigenvalue weighted by atomic mass is 32.2. The number of hydrogen-bond donors (Lipinski definition) is 2. The van der Waals surface area contributed by atoms with Crippen molar-refractivity contribution < 1.29 is 22.3 Å². The normalized spacial score (nSPS) is 12.1. The van der Waals surface area contributed by atoms with Gasteiger partial charge in [-0.2, -0.15) is 0 Å². The predicted octanol–water partition coefficient (Wildman–Crippen LogP) is 1.82. The number of anilines is 1. The second-order valence-corrected chi connectivity index (χ2v) is 6.35. The van der Waals surface area contributed by atoms with Crippen LogP contribution in [0.4, 0.5) is 14.9 Å². The van der Waals surface area contributed by atoms with Crippen LogP contribution in [0.2, 0.25) is 0 Å². The molecule has 1 amide bonds. The van der Waals surface area contributed by atoms with Gasteiger partial charge in [0, 0.05) is 5.69 Å². The van der Waals surface area contributed by atoms with Crippen LogP contribution in [0.5, 0.6) is 0 Å². The number of carbonyl (C=O) groups excluding carboxylic acids is 1. The molecule has 0 atom stereocenters. The fourth-order valence-corrected chi connectivity index (χ4v) is 1.85. The average Bonchev–Trinajstić information content (AvgIpc) is 2.16. The second-order valence-electron chi connectivity index (χ2n) is 4.82. The number of halogens is 1. The topological polar surface area (TPSA) is 98.5 Å². The molecular weight excluding hydrogens is 275 g/mol. The Bertz CT molecular complexity index is 593. The summed E-state index contributed by atoms with van der Waals surface area (Å²) in [5.74, 6) is -0.989. The number of benzene rings is 1. The highest BCUT2D eigenvalue weighted by molar-refractivity contribution is 7.89. The molecule has 0 aliphatic carbocycles. The molecule has 0 bridgehead atoms. The summed E-state index contributed by atoms with van der Waals surface area (Å²) in [4.78, 5) is 10.8. The van der Waals surface area contributed by atoms with E-state index in [2.05, 4.69) is 5.32 Å². The van der Waals surface area contributed by atoms with Crippen LogP contribution < -0.4 is 10.5 Å². The molecule has 0 heterocycles. The Morgan fingerprint density at radius 1 is 1.37 bits per heavy atom. The maximum Gasteiger partial charge on any atom is 0.412 e. The lowest BCUT2D eigenvalue weighted by atomic mass is 10.2. The number of nitrogens with one attached hydrogen (secondary N) is 1. The van der Waals surface area contributed by atoms with Gasteiger partial charge in [0.05, 0.1) is 0 Å². The highest BCUT2D eigenvalue weighted by Crippen LogP contribution is 2.19. The summed E-state index contributed by atoms with van der Waals surface area (Å²) in [6.07, 6.45) is -0.778. The number of ether oxygens (including phenoxy) is 1. The summed E-state index contributed by atoms with van der Waals surface area (Å²) < 4.78 is 40.5. The fraction of sp³-hybridized carbons (Fsp3) is 0.364. The number of rotatable bonds is 2. The Morgan fingerprint density at radius 3 is 2.42 bits per heavy atom. The molecule has 19 heavy (non-hydrogen) atoms. The zero-order valence-electron chi connectivity index (χ0n) is 10.7. The van der Waals surface area contributed by atoms with Crippen LogP contribution in [-0.2, 0) is 14.8 Å². The molecule has 1 aromatic carbocycles. The Balaban J connectivity index is 2.96. The summed E-state index contributed by atoms with van der Waals surface area (Å²) in [5, 5.41) is 7.14. The van der Waals surface area contributed by atoms with Gasteiger partial charge in [-0.05, 0) is 39.0 Å². The second kappa shape index (κ2) is 5.14. The van der Waals surface area contributed by atoms with E-state index >= 15 is 0 Å². The van der Waals surface area contributed by atoms with Gasteiger partial charge >= 0.3 is 6.09 Å². The zero-order valence-corrected chi connectivity index (χ0v) is 11.5. The van der Waals surface area contributed by atoms with Crippen molar-refractivity contribution in [3.05, 3.63) is 24.0 Å². The van der Waals surface area contributed by atoms with Crippen molar-refractivity contribution in [2.45, 2.75) is 31.3 Å². The Kier molecular flexibility index (Phi) is 4.16. The SMILES string of the molecule is CC(C)(C)OC(=O)Nc1ccc(F)c(S(N)(=O)=O)c1. The molecule has 0 unspecified atom stereocenters. The first-order chi connectivity index (χ1) is 8.49. The van der Waals surface area contributed by atoms with Crippen LogP contribution in [0.25, 0.3) is 0 Å². The quantitative estimate of drug-likeness (QED) is 0.867. The van der Waals surface area contributed by atoms with Crippen molar-refractivity contribution in [3.8, 4) is 0 Å². The average molecular weight is 290 g/mol. The van der Waals surface area contributed by atoms with E-state index in [-0.39, 0.29) is 5.69 Å². The largest absolute Gasteiger partial charge is 0.444 e. The number of hydrogen-bond acceptors (Lipinski definition) is 4. The van der Waals surface area contributed by atoms with E-state index in [4.69, 9.17) is 9.88 Å².